The van der Waals surface area contributed by atoms with Crippen molar-refractivity contribution in [1.82, 2.24) is 5.16 Å². The van der Waals surface area contributed by atoms with Gasteiger partial charge in [-0.05, 0) is 43.0 Å². The van der Waals surface area contributed by atoms with Crippen LogP contribution in [0.25, 0.3) is 22.5 Å². The van der Waals surface area contributed by atoms with E-state index in [4.69, 9.17) is 15.0 Å². The maximum atomic E-state index is 11.6. The molecule has 3 aromatic rings. The quantitative estimate of drug-likeness (QED) is 0.667. The molecule has 0 bridgehead atoms. The van der Waals surface area contributed by atoms with Crippen molar-refractivity contribution < 1.29 is 14.1 Å². The zero-order valence-corrected chi connectivity index (χ0v) is 15.0. The zero-order valence-electron chi connectivity index (χ0n) is 15.0. The summed E-state index contributed by atoms with van der Waals surface area (Å²) in [5, 5.41) is 3.98. The molecule has 3 rings (SSSR count). The number of carbonyl (C=O) groups excluding carboxylic acids is 1. The molecule has 0 fully saturated rings. The minimum Gasteiger partial charge on any atom is -0.466 e. The monoisotopic (exact) mass is 350 g/mol. The van der Waals surface area contributed by atoms with E-state index in [0.29, 0.717) is 36.6 Å². The number of anilines is 1. The first-order chi connectivity index (χ1) is 12.6. The van der Waals surface area contributed by atoms with Gasteiger partial charge in [-0.2, -0.15) is 0 Å². The van der Waals surface area contributed by atoms with Crippen LogP contribution >= 0.6 is 0 Å². The number of nitrogen functional groups attached to an aromatic ring is 1. The molecule has 0 amide bonds. The van der Waals surface area contributed by atoms with Crippen LogP contribution < -0.4 is 5.73 Å². The van der Waals surface area contributed by atoms with Gasteiger partial charge in [-0.15, -0.1) is 0 Å². The number of hydrogen-bond donors (Lipinski definition) is 1. The fourth-order valence-electron chi connectivity index (χ4n) is 2.85. The van der Waals surface area contributed by atoms with Gasteiger partial charge >= 0.3 is 5.97 Å². The molecule has 1 heterocycles. The Balaban J connectivity index is 2.00. The van der Waals surface area contributed by atoms with E-state index >= 15 is 0 Å². The summed E-state index contributed by atoms with van der Waals surface area (Å²) in [6.07, 6.45) is 0.927. The molecule has 0 saturated heterocycles. The Kier molecular flexibility index (Phi) is 5.37. The van der Waals surface area contributed by atoms with Gasteiger partial charge < -0.3 is 15.0 Å². The molecule has 0 atom stereocenters. The first kappa shape index (κ1) is 17.7. The van der Waals surface area contributed by atoms with Crippen LogP contribution in [-0.2, 0) is 16.0 Å². The second-order valence-corrected chi connectivity index (χ2v) is 6.06. The summed E-state index contributed by atoms with van der Waals surface area (Å²) in [5.41, 5.74) is 11.3. The van der Waals surface area contributed by atoms with Crippen LogP contribution in [0, 0.1) is 6.92 Å². The van der Waals surface area contributed by atoms with Crippen molar-refractivity contribution in [1.29, 1.82) is 0 Å². The number of ether oxygens (including phenoxy) is 1. The highest BCUT2D eigenvalue weighted by Gasteiger charge is 2.17. The Morgan fingerprint density at radius 2 is 1.92 bits per heavy atom. The van der Waals surface area contributed by atoms with Crippen LogP contribution in [-0.4, -0.2) is 17.7 Å². The minimum atomic E-state index is -0.198. The number of carbonyl (C=O) groups is 1. The largest absolute Gasteiger partial charge is 0.466 e. The van der Waals surface area contributed by atoms with Gasteiger partial charge in [0.15, 0.2) is 5.76 Å². The number of benzene rings is 2. The predicted molar refractivity (Wildman–Crippen MR) is 101 cm³/mol. The summed E-state index contributed by atoms with van der Waals surface area (Å²) in [6.45, 7) is 4.01. The molecule has 134 valence electrons. The molecule has 2 aromatic carbocycles. The van der Waals surface area contributed by atoms with Gasteiger partial charge in [-0.25, -0.2) is 0 Å². The van der Waals surface area contributed by atoms with E-state index in [-0.39, 0.29) is 5.97 Å². The highest BCUT2D eigenvalue weighted by atomic mass is 16.5. The Morgan fingerprint density at radius 3 is 2.58 bits per heavy atom. The Morgan fingerprint density at radius 1 is 1.15 bits per heavy atom. The molecular weight excluding hydrogens is 328 g/mol. The van der Waals surface area contributed by atoms with Crippen molar-refractivity contribution >= 4 is 11.7 Å². The molecule has 0 unspecified atom stereocenters. The van der Waals surface area contributed by atoms with E-state index < -0.39 is 0 Å². The van der Waals surface area contributed by atoms with Crippen LogP contribution in [0.5, 0.6) is 0 Å². The number of esters is 1. The Bertz CT molecular complexity index is 901. The van der Waals surface area contributed by atoms with E-state index in [0.717, 1.165) is 22.3 Å². The van der Waals surface area contributed by atoms with Crippen molar-refractivity contribution in [3.05, 3.63) is 59.8 Å². The van der Waals surface area contributed by atoms with Gasteiger partial charge in [0.1, 0.15) is 11.4 Å². The maximum absolute atomic E-state index is 11.6. The van der Waals surface area contributed by atoms with E-state index in [1.54, 1.807) is 6.92 Å². The molecule has 0 spiro atoms. The molecule has 2 N–H and O–H groups in total. The van der Waals surface area contributed by atoms with Gasteiger partial charge in [-0.3, -0.25) is 4.79 Å². The first-order valence-corrected chi connectivity index (χ1v) is 8.66. The molecule has 0 aliphatic heterocycles. The molecule has 0 radical (unpaired) electrons. The highest BCUT2D eigenvalue weighted by molar-refractivity contribution is 5.86. The average molecular weight is 350 g/mol. The predicted octanol–water partition coefficient (Wildman–Crippen LogP) is 4.39. The first-order valence-electron chi connectivity index (χ1n) is 8.66. The third-order valence-corrected chi connectivity index (χ3v) is 4.24. The molecule has 0 aliphatic rings. The van der Waals surface area contributed by atoms with Crippen molar-refractivity contribution in [3.8, 4) is 22.5 Å². The van der Waals surface area contributed by atoms with E-state index in [9.17, 15) is 4.79 Å². The number of nitrogens with zero attached hydrogens (tertiary/aromatic N) is 1. The smallest absolute Gasteiger partial charge is 0.306 e. The van der Waals surface area contributed by atoms with Gasteiger partial charge in [-0.1, -0.05) is 47.6 Å². The number of nitrogens with two attached hydrogens (primary N) is 1. The average Bonchev–Trinajstić information content (AvgIpc) is 2.99. The lowest BCUT2D eigenvalue weighted by atomic mass is 9.94. The van der Waals surface area contributed by atoms with Crippen molar-refractivity contribution in [3.63, 3.8) is 0 Å². The highest BCUT2D eigenvalue weighted by Crippen LogP contribution is 2.37. The summed E-state index contributed by atoms with van der Waals surface area (Å²) in [5.74, 6) is 0.357. The molecular formula is C21H22N2O3. The van der Waals surface area contributed by atoms with Crippen molar-refractivity contribution in [2.24, 2.45) is 0 Å². The molecule has 5 nitrogen and oxygen atoms in total. The van der Waals surface area contributed by atoms with Crippen LogP contribution in [0.15, 0.2) is 53.1 Å². The lowest BCUT2D eigenvalue weighted by Crippen LogP contribution is -2.05. The number of aromatic nitrogens is 1. The summed E-state index contributed by atoms with van der Waals surface area (Å²) < 4.78 is 10.5. The van der Waals surface area contributed by atoms with Gasteiger partial charge in [0.25, 0.3) is 0 Å². The Labute approximate surface area is 152 Å². The van der Waals surface area contributed by atoms with Gasteiger partial charge in [0.05, 0.1) is 6.61 Å². The maximum Gasteiger partial charge on any atom is 0.306 e. The summed E-state index contributed by atoms with van der Waals surface area (Å²) in [6, 6.07) is 16.1. The lowest BCUT2D eigenvalue weighted by molar-refractivity contribution is -0.143. The van der Waals surface area contributed by atoms with Crippen molar-refractivity contribution in [2.45, 2.75) is 26.7 Å². The van der Waals surface area contributed by atoms with Crippen LogP contribution in [0.3, 0.4) is 0 Å². The number of aryl methyl sites for hydroxylation is 2. The lowest BCUT2D eigenvalue weighted by Gasteiger charge is -2.11. The molecule has 1 aromatic heterocycles. The number of rotatable bonds is 6. The molecule has 0 aliphatic carbocycles. The van der Waals surface area contributed by atoms with E-state index in [1.807, 2.05) is 55.5 Å². The fraction of sp³-hybridized carbons (Fsp3) is 0.238. The zero-order chi connectivity index (χ0) is 18.5. The molecule has 5 heteroatoms. The van der Waals surface area contributed by atoms with Crippen LogP contribution in [0.4, 0.5) is 5.69 Å². The standard InChI is InChI=1S/C21H22N2O3/c1-3-25-19(24)12-10-15-9-11-17(16-7-5-4-6-8-16)18(13-15)21-20(22)14(2)23-26-21/h4-9,11,13H,3,10,12,22H2,1-2H3. The second-order valence-electron chi connectivity index (χ2n) is 6.06. The van der Waals surface area contributed by atoms with Crippen LogP contribution in [0.2, 0.25) is 0 Å². The van der Waals surface area contributed by atoms with Gasteiger partial charge in [0, 0.05) is 12.0 Å². The van der Waals surface area contributed by atoms with Gasteiger partial charge in [0.2, 0.25) is 0 Å². The topological polar surface area (TPSA) is 78.3 Å². The molecule has 0 saturated carbocycles. The third-order valence-electron chi connectivity index (χ3n) is 4.24. The summed E-state index contributed by atoms with van der Waals surface area (Å²) in [7, 11) is 0. The molecule has 26 heavy (non-hydrogen) atoms. The van der Waals surface area contributed by atoms with Crippen LogP contribution in [0.1, 0.15) is 24.6 Å². The van der Waals surface area contributed by atoms with E-state index in [1.165, 1.54) is 0 Å². The number of hydrogen-bond acceptors (Lipinski definition) is 5. The minimum absolute atomic E-state index is 0.198. The fourth-order valence-corrected chi connectivity index (χ4v) is 2.85. The SMILES string of the molecule is CCOC(=O)CCc1ccc(-c2ccccc2)c(-c2onc(C)c2N)c1. The van der Waals surface area contributed by atoms with Crippen molar-refractivity contribution in [2.75, 3.05) is 12.3 Å². The normalized spacial score (nSPS) is 10.7. The summed E-state index contributed by atoms with van der Waals surface area (Å²) >= 11 is 0. The third kappa shape index (κ3) is 3.77. The Hall–Kier alpha value is -3.08. The summed E-state index contributed by atoms with van der Waals surface area (Å²) in [4.78, 5) is 11.6. The second kappa shape index (κ2) is 7.87. The van der Waals surface area contributed by atoms with E-state index in [2.05, 4.69) is 5.16 Å².